The van der Waals surface area contributed by atoms with Crippen LogP contribution in [0.15, 0.2) is 12.1 Å². The van der Waals surface area contributed by atoms with Crippen molar-refractivity contribution in [1.29, 1.82) is 0 Å². The first-order valence-electron chi connectivity index (χ1n) is 34.1. The zero-order valence-corrected chi connectivity index (χ0v) is 59.7. The standard InChI is InChI=1S/C20H38N4O5S.C16H16F4N2O3S.C10H16N2O3S.C10H24N2O3.C8HF7O2/c21-7-3-9-27-11-13-29-14-12-28-10-4-8-22-18(25)6-2-1-5-17-19-16(15-30-17)23-20(26)24-19;17-7-5-8(18)13(20)15(12(7)19)25-11(23)4-2-1-3-10-14-9(6-26-10)21-16(24)22-14;13-8(14)4-2-1-3-7-9-6(5-16-7)11-10(15)12-9;11-3-1-5-13-7-9-15-10-8-14-6-2-4-12;9-2-1-3(10)5(12)6(4(2)11)17-7(16)8(13,14)15/h16-17,19H,1-15,21H2,(H,22,25)(H2,23,24,26);5,9-10,14H,1-4,6H2,(H2,21,22,24);6-7,9H,1-5H2,(H,13,14)(H2,11,12,15);1-12H2;1H. The van der Waals surface area contributed by atoms with Crippen LogP contribution in [-0.4, -0.2) is 228 Å². The van der Waals surface area contributed by atoms with Crippen molar-refractivity contribution in [3.05, 3.63) is 58.7 Å². The molecule has 2 aromatic rings. The van der Waals surface area contributed by atoms with E-state index in [1.54, 1.807) is 11.8 Å². The smallest absolute Gasteiger partial charge is 0.481 e. The first kappa shape index (κ1) is 90.4. The molecule has 0 radical (unpaired) electrons. The Morgan fingerprint density at radius 1 is 0.442 bits per heavy atom. The molecule has 104 heavy (non-hydrogen) atoms. The monoisotopic (exact) mass is 1560 g/mol. The van der Waals surface area contributed by atoms with Gasteiger partial charge < -0.3 is 97.4 Å². The third-order valence-corrected chi connectivity index (χ3v) is 20.3. The van der Waals surface area contributed by atoms with Gasteiger partial charge in [0.1, 0.15) is 0 Å². The van der Waals surface area contributed by atoms with E-state index in [0.717, 1.165) is 87.9 Å². The molecule has 6 saturated heterocycles. The van der Waals surface area contributed by atoms with E-state index >= 15 is 0 Å². The molecule has 0 aliphatic carbocycles. The van der Waals surface area contributed by atoms with Gasteiger partial charge in [-0.15, -0.1) is 0 Å². The molecule has 6 heterocycles. The number of carbonyl (C=O) groups excluding carboxylic acids is 6. The van der Waals surface area contributed by atoms with Gasteiger partial charge >= 0.3 is 42.2 Å². The van der Waals surface area contributed by atoms with Crippen LogP contribution in [0.5, 0.6) is 11.5 Å². The molecule has 0 aromatic heterocycles. The number of urea groups is 3. The van der Waals surface area contributed by atoms with E-state index in [4.69, 9.17) is 50.7 Å². The molecular formula is C64H95F11N10O16S3. The number of esters is 2. The fourth-order valence-electron chi connectivity index (χ4n) is 10.5. The molecule has 14 N–H and O–H groups in total. The molecule has 40 heteroatoms. The maximum atomic E-state index is 13.4. The number of carbonyl (C=O) groups is 7. The Morgan fingerprint density at radius 2 is 0.760 bits per heavy atom. The Bertz CT molecular complexity index is 2900. The SMILES string of the molecule is NCCCOCCOCCOCCCN.NCCCOCCOCCOCCCNC(=O)CCCCC1SCC2NC(=O)NC21.O=C(O)CCCCC1SCC2NC(=O)NC21.O=C(Oc1c(F)c(F)cc(F)c1F)C(F)(F)F.O=C1NC2CSC(CCCCC(=O)Oc3c(F)c(F)cc(F)c3F)C2N1. The molecule has 9 atom stereocenters. The lowest BCUT2D eigenvalue weighted by Gasteiger charge is -2.16. The molecule has 0 bridgehead atoms. The topological polar surface area (TPSA) is 376 Å². The lowest BCUT2D eigenvalue weighted by molar-refractivity contribution is -0.190. The van der Waals surface area contributed by atoms with Crippen LogP contribution >= 0.6 is 35.3 Å². The minimum Gasteiger partial charge on any atom is -0.481 e. The molecule has 2 aromatic carbocycles. The van der Waals surface area contributed by atoms with Crippen molar-refractivity contribution in [1.82, 2.24) is 37.2 Å². The Kier molecular flexibility index (Phi) is 44.0. The fraction of sp³-hybridized carbons (Fsp3) is 0.703. The maximum absolute atomic E-state index is 13.4. The third kappa shape index (κ3) is 34.3. The fourth-order valence-corrected chi connectivity index (χ4v) is 15.2. The van der Waals surface area contributed by atoms with Gasteiger partial charge in [-0.2, -0.15) is 66.0 Å². The van der Waals surface area contributed by atoms with Gasteiger partial charge in [-0.25, -0.2) is 36.7 Å². The highest BCUT2D eigenvalue weighted by Gasteiger charge is 2.46. The number of hydrogen-bond donors (Lipinski definition) is 11. The van der Waals surface area contributed by atoms with Crippen molar-refractivity contribution in [3.63, 3.8) is 0 Å². The summed E-state index contributed by atoms with van der Waals surface area (Å²) >= 11 is 5.52. The number of carboxylic acids is 1. The quantitative estimate of drug-likeness (QED) is 0.00819. The number of ether oxygens (including phenoxy) is 8. The van der Waals surface area contributed by atoms with E-state index in [2.05, 4.69) is 46.7 Å². The third-order valence-electron chi connectivity index (χ3n) is 15.7. The molecule has 8 rings (SSSR count). The second-order valence-electron chi connectivity index (χ2n) is 23.8. The van der Waals surface area contributed by atoms with E-state index in [9.17, 15) is 81.9 Å². The highest BCUT2D eigenvalue weighted by atomic mass is 32.2. The summed E-state index contributed by atoms with van der Waals surface area (Å²) in [5.74, 6) is -20.5. The number of nitrogens with one attached hydrogen (secondary N) is 7. The van der Waals surface area contributed by atoms with Crippen LogP contribution in [0.2, 0.25) is 0 Å². The van der Waals surface area contributed by atoms with E-state index < -0.39 is 82.1 Å². The lowest BCUT2D eigenvalue weighted by atomic mass is 10.0. The number of thioether (sulfide) groups is 3. The van der Waals surface area contributed by atoms with Crippen molar-refractivity contribution >= 4 is 77.2 Å². The Hall–Kier alpha value is -5.95. The molecule has 7 amide bonds. The molecule has 592 valence electrons. The Balaban J connectivity index is 0.000000283. The van der Waals surface area contributed by atoms with E-state index in [-0.39, 0.29) is 90.5 Å². The number of carboxylic acid groups (broad SMARTS) is 1. The zero-order chi connectivity index (χ0) is 76.4. The summed E-state index contributed by atoms with van der Waals surface area (Å²) in [5.41, 5.74) is 16.0. The minimum absolute atomic E-state index is 0.0464. The van der Waals surface area contributed by atoms with Gasteiger partial charge in [-0.3, -0.25) is 14.4 Å². The molecule has 6 fully saturated rings. The average molecular weight is 1570 g/mol. The second kappa shape index (κ2) is 50.6. The molecule has 6 aliphatic rings. The number of benzene rings is 2. The number of aliphatic carboxylic acids is 1. The predicted molar refractivity (Wildman–Crippen MR) is 363 cm³/mol. The van der Waals surface area contributed by atoms with Crippen LogP contribution in [-0.2, 0) is 47.6 Å². The summed E-state index contributed by atoms with van der Waals surface area (Å²) in [7, 11) is 0. The number of alkyl halides is 3. The van der Waals surface area contributed by atoms with Crippen LogP contribution in [0, 0.1) is 46.5 Å². The molecule has 26 nitrogen and oxygen atoms in total. The van der Waals surface area contributed by atoms with Crippen molar-refractivity contribution in [2.24, 2.45) is 17.2 Å². The number of fused-ring (bicyclic) bond motifs is 3. The van der Waals surface area contributed by atoms with Gasteiger partial charge in [0.15, 0.2) is 23.3 Å². The molecular weight excluding hydrogens is 1470 g/mol. The predicted octanol–water partition coefficient (Wildman–Crippen LogP) is 6.73. The van der Waals surface area contributed by atoms with Crippen LogP contribution in [0.1, 0.15) is 103 Å². The number of halogens is 11. The van der Waals surface area contributed by atoms with Gasteiger partial charge in [-0.1, -0.05) is 19.3 Å². The number of amides is 7. The van der Waals surface area contributed by atoms with Crippen molar-refractivity contribution < 1.29 is 125 Å². The second-order valence-corrected chi connectivity index (χ2v) is 27.6. The highest BCUT2D eigenvalue weighted by Crippen LogP contribution is 2.36. The summed E-state index contributed by atoms with van der Waals surface area (Å²) in [5, 5.41) is 30.0. The van der Waals surface area contributed by atoms with Gasteiger partial charge in [0.2, 0.25) is 40.7 Å². The van der Waals surface area contributed by atoms with Crippen molar-refractivity contribution in [3.8, 4) is 11.5 Å². The van der Waals surface area contributed by atoms with E-state index in [0.29, 0.717) is 135 Å². The molecule has 9 unspecified atom stereocenters. The van der Waals surface area contributed by atoms with E-state index in [1.165, 1.54) is 0 Å². The minimum atomic E-state index is -5.55. The lowest BCUT2D eigenvalue weighted by Crippen LogP contribution is -2.36. The summed E-state index contributed by atoms with van der Waals surface area (Å²) in [4.78, 5) is 78.0. The summed E-state index contributed by atoms with van der Waals surface area (Å²) in [6.45, 7) is 10.1. The van der Waals surface area contributed by atoms with Crippen LogP contribution in [0.4, 0.5) is 62.7 Å². The van der Waals surface area contributed by atoms with Crippen LogP contribution < -0.4 is 63.9 Å². The van der Waals surface area contributed by atoms with E-state index in [1.807, 2.05) is 23.5 Å². The average Bonchev–Trinajstić information content (AvgIpc) is 1.72. The summed E-state index contributed by atoms with van der Waals surface area (Å²) in [6, 6.07) is 0.696. The van der Waals surface area contributed by atoms with Gasteiger partial charge in [0, 0.05) is 97.4 Å². The molecule has 0 saturated carbocycles. The highest BCUT2D eigenvalue weighted by molar-refractivity contribution is 8.00. The van der Waals surface area contributed by atoms with Crippen LogP contribution in [0.3, 0.4) is 0 Å². The van der Waals surface area contributed by atoms with Crippen LogP contribution in [0.25, 0.3) is 0 Å². The molecule has 0 spiro atoms. The largest absolute Gasteiger partial charge is 0.491 e. The maximum Gasteiger partial charge on any atom is 0.491 e. The Labute approximate surface area is 607 Å². The molecule has 6 aliphatic heterocycles. The van der Waals surface area contributed by atoms with Crippen molar-refractivity contribution in [2.45, 2.75) is 161 Å². The Morgan fingerprint density at radius 3 is 1.10 bits per heavy atom. The number of nitrogens with two attached hydrogens (primary N) is 3. The van der Waals surface area contributed by atoms with Crippen molar-refractivity contribution in [2.75, 3.05) is 123 Å². The first-order valence-corrected chi connectivity index (χ1v) is 37.2. The van der Waals surface area contributed by atoms with Gasteiger partial charge in [0.05, 0.1) is 89.1 Å². The summed E-state index contributed by atoms with van der Waals surface area (Å²) < 4.78 is 178. The zero-order valence-electron chi connectivity index (χ0n) is 57.3. The number of hydrogen-bond acceptors (Lipinski definition) is 21. The summed E-state index contributed by atoms with van der Waals surface area (Å²) in [6.07, 6.45) is 5.90. The number of unbranched alkanes of at least 4 members (excludes halogenated alkanes) is 3. The number of rotatable bonds is 42. The van der Waals surface area contributed by atoms with Gasteiger partial charge in [-0.05, 0) is 83.8 Å². The normalized spacial score (nSPS) is 20.9. The van der Waals surface area contributed by atoms with Gasteiger partial charge in [0.25, 0.3) is 0 Å². The first-order chi connectivity index (χ1) is 49.8.